The van der Waals surface area contributed by atoms with Crippen LogP contribution in [0.25, 0.3) is 22.5 Å². The molecule has 0 saturated heterocycles. The van der Waals surface area contributed by atoms with E-state index in [-0.39, 0.29) is 33.5 Å². The topological polar surface area (TPSA) is 171 Å². The van der Waals surface area contributed by atoms with Gasteiger partial charge in [-0.2, -0.15) is 10.2 Å². The van der Waals surface area contributed by atoms with Crippen molar-refractivity contribution < 1.29 is 21.3 Å². The first-order valence-electron chi connectivity index (χ1n) is 10.5. The summed E-state index contributed by atoms with van der Waals surface area (Å²) < 4.78 is 57.2. The molecular formula is C22H20N6O5S2. The van der Waals surface area contributed by atoms with E-state index in [0.717, 1.165) is 17.9 Å². The van der Waals surface area contributed by atoms with Crippen LogP contribution in [0, 0.1) is 11.3 Å². The Morgan fingerprint density at radius 3 is 2.69 bits per heavy atom. The number of anilines is 1. The number of fused-ring (bicyclic) bond motifs is 1. The quantitative estimate of drug-likeness (QED) is 0.336. The summed E-state index contributed by atoms with van der Waals surface area (Å²) in [6.45, 7) is 0. The van der Waals surface area contributed by atoms with E-state index in [0.29, 0.717) is 29.7 Å². The number of aromatic amines is 1. The predicted molar refractivity (Wildman–Crippen MR) is 127 cm³/mol. The fraction of sp³-hybridized carbons (Fsp3) is 0.227. The second-order valence-corrected chi connectivity index (χ2v) is 12.0. The standard InChI is InChI=1S/C22H20N6O5S2/c1-34(29,30)19-12-33-22(27-19)18-11-25-21-17(5-6-24-21)20(18)26-14-8-15(9-14)28-35(31,32)16-4-2-3-13(7-16)10-23/h2-7,11-12,14-15,28H,8-9H2,1H3,(H2,24,25,26). The second-order valence-electron chi connectivity index (χ2n) is 8.32. The third-order valence-corrected chi connectivity index (χ3v) is 8.23. The van der Waals surface area contributed by atoms with Crippen LogP contribution in [0.1, 0.15) is 18.4 Å². The van der Waals surface area contributed by atoms with E-state index in [1.54, 1.807) is 18.5 Å². The van der Waals surface area contributed by atoms with Gasteiger partial charge >= 0.3 is 0 Å². The fourth-order valence-corrected chi connectivity index (χ4v) is 5.71. The number of nitrogens with one attached hydrogen (secondary N) is 3. The van der Waals surface area contributed by atoms with Crippen LogP contribution in [-0.2, 0) is 19.9 Å². The van der Waals surface area contributed by atoms with Crippen molar-refractivity contribution in [2.75, 3.05) is 11.6 Å². The lowest BCUT2D eigenvalue weighted by Gasteiger charge is -2.37. The van der Waals surface area contributed by atoms with Crippen molar-refractivity contribution in [1.82, 2.24) is 19.7 Å². The molecule has 11 nitrogen and oxygen atoms in total. The molecule has 1 aromatic carbocycles. The number of sulfonamides is 1. The monoisotopic (exact) mass is 512 g/mol. The summed E-state index contributed by atoms with van der Waals surface area (Å²) in [6.07, 6.45) is 6.45. The van der Waals surface area contributed by atoms with Crippen LogP contribution in [0.4, 0.5) is 5.69 Å². The number of aromatic nitrogens is 3. The van der Waals surface area contributed by atoms with E-state index < -0.39 is 19.9 Å². The average Bonchev–Trinajstić information content (AvgIpc) is 3.47. The van der Waals surface area contributed by atoms with Crippen molar-refractivity contribution in [2.24, 2.45) is 0 Å². The maximum absolute atomic E-state index is 12.7. The summed E-state index contributed by atoms with van der Waals surface area (Å²) >= 11 is 0. The SMILES string of the molecule is CS(=O)(=O)c1coc(-c2cnc3[nH]ccc3c2NC2CC(NS(=O)(=O)c3cccc(C#N)c3)C2)n1. The number of sulfone groups is 1. The molecule has 180 valence electrons. The molecule has 4 aromatic rings. The number of hydrogen-bond acceptors (Lipinski definition) is 9. The molecule has 0 bridgehead atoms. The van der Waals surface area contributed by atoms with Crippen molar-refractivity contribution in [1.29, 1.82) is 5.26 Å². The van der Waals surface area contributed by atoms with E-state index in [1.807, 2.05) is 12.1 Å². The molecule has 1 aliphatic rings. The lowest BCUT2D eigenvalue weighted by Crippen LogP contribution is -2.49. The molecule has 0 atom stereocenters. The summed E-state index contributed by atoms with van der Waals surface area (Å²) in [4.78, 5) is 11.5. The Morgan fingerprint density at radius 2 is 1.97 bits per heavy atom. The van der Waals surface area contributed by atoms with Gasteiger partial charge in [0.25, 0.3) is 0 Å². The molecule has 35 heavy (non-hydrogen) atoms. The Balaban J connectivity index is 1.35. The molecule has 13 heteroatoms. The lowest BCUT2D eigenvalue weighted by molar-refractivity contribution is 0.346. The van der Waals surface area contributed by atoms with Crippen molar-refractivity contribution in [3.8, 4) is 17.5 Å². The molecule has 1 aliphatic carbocycles. The zero-order chi connectivity index (χ0) is 24.8. The summed E-state index contributed by atoms with van der Waals surface area (Å²) in [6, 6.07) is 9.29. The number of benzene rings is 1. The van der Waals surface area contributed by atoms with E-state index in [1.165, 1.54) is 18.2 Å². The highest BCUT2D eigenvalue weighted by Crippen LogP contribution is 2.36. The first-order valence-corrected chi connectivity index (χ1v) is 13.9. The third kappa shape index (κ3) is 4.51. The predicted octanol–water partition coefficient (Wildman–Crippen LogP) is 2.41. The highest BCUT2D eigenvalue weighted by Gasteiger charge is 2.34. The zero-order valence-corrected chi connectivity index (χ0v) is 20.0. The molecule has 0 aliphatic heterocycles. The minimum absolute atomic E-state index is 0.0454. The van der Waals surface area contributed by atoms with Crippen molar-refractivity contribution in [3.63, 3.8) is 0 Å². The maximum Gasteiger partial charge on any atom is 0.240 e. The van der Waals surface area contributed by atoms with E-state index in [4.69, 9.17) is 9.68 Å². The maximum atomic E-state index is 12.7. The van der Waals surface area contributed by atoms with Gasteiger partial charge in [0.05, 0.1) is 27.8 Å². The summed E-state index contributed by atoms with van der Waals surface area (Å²) in [5.41, 5.74) is 2.04. The summed E-state index contributed by atoms with van der Waals surface area (Å²) in [5, 5.41) is 13.0. The molecule has 0 unspecified atom stereocenters. The van der Waals surface area contributed by atoms with Crippen LogP contribution >= 0.6 is 0 Å². The molecule has 0 spiro atoms. The Hall–Kier alpha value is -3.73. The molecular weight excluding hydrogens is 492 g/mol. The van der Waals surface area contributed by atoms with Crippen LogP contribution < -0.4 is 10.0 Å². The van der Waals surface area contributed by atoms with Gasteiger partial charge in [0.1, 0.15) is 11.9 Å². The van der Waals surface area contributed by atoms with Gasteiger partial charge in [-0.1, -0.05) is 6.07 Å². The average molecular weight is 513 g/mol. The Bertz CT molecular complexity index is 1680. The van der Waals surface area contributed by atoms with Gasteiger partial charge in [-0.25, -0.2) is 26.5 Å². The van der Waals surface area contributed by atoms with Crippen LogP contribution in [0.15, 0.2) is 63.3 Å². The van der Waals surface area contributed by atoms with Gasteiger partial charge in [-0.3, -0.25) is 0 Å². The van der Waals surface area contributed by atoms with Crippen LogP contribution in [0.3, 0.4) is 0 Å². The van der Waals surface area contributed by atoms with Gasteiger partial charge in [-0.15, -0.1) is 0 Å². The van der Waals surface area contributed by atoms with Crippen LogP contribution in [0.5, 0.6) is 0 Å². The summed E-state index contributed by atoms with van der Waals surface area (Å²) in [7, 11) is -7.30. The zero-order valence-electron chi connectivity index (χ0n) is 18.4. The molecule has 5 rings (SSSR count). The number of rotatable bonds is 7. The number of nitrogens with zero attached hydrogens (tertiary/aromatic N) is 3. The number of pyridine rings is 1. The van der Waals surface area contributed by atoms with Crippen molar-refractivity contribution >= 4 is 36.6 Å². The van der Waals surface area contributed by atoms with Crippen LogP contribution in [0.2, 0.25) is 0 Å². The minimum Gasteiger partial charge on any atom is -0.443 e. The van der Waals surface area contributed by atoms with Gasteiger partial charge in [-0.05, 0) is 37.1 Å². The third-order valence-electron chi connectivity index (χ3n) is 5.76. The van der Waals surface area contributed by atoms with E-state index >= 15 is 0 Å². The summed E-state index contributed by atoms with van der Waals surface area (Å²) in [5.74, 6) is 0.109. The fourth-order valence-electron chi connectivity index (χ4n) is 3.93. The van der Waals surface area contributed by atoms with Gasteiger partial charge in [0.2, 0.25) is 15.9 Å². The first-order chi connectivity index (χ1) is 16.6. The molecule has 0 amide bonds. The molecule has 3 heterocycles. The Labute approximate surface area is 201 Å². The van der Waals surface area contributed by atoms with Crippen molar-refractivity contribution in [2.45, 2.75) is 34.8 Å². The number of H-pyrrole nitrogens is 1. The number of oxazole rings is 1. The van der Waals surface area contributed by atoms with E-state index in [9.17, 15) is 16.8 Å². The molecule has 1 fully saturated rings. The number of hydrogen-bond donors (Lipinski definition) is 3. The Morgan fingerprint density at radius 1 is 1.17 bits per heavy atom. The molecule has 3 aromatic heterocycles. The van der Waals surface area contributed by atoms with Gasteiger partial charge in [0.15, 0.2) is 14.9 Å². The van der Waals surface area contributed by atoms with Crippen molar-refractivity contribution in [3.05, 3.63) is 54.6 Å². The minimum atomic E-state index is -3.76. The van der Waals surface area contributed by atoms with Gasteiger partial charge < -0.3 is 14.7 Å². The molecule has 3 N–H and O–H groups in total. The molecule has 1 saturated carbocycles. The van der Waals surface area contributed by atoms with Gasteiger partial charge in [0, 0.05) is 36.1 Å². The highest BCUT2D eigenvalue weighted by atomic mass is 32.2. The lowest BCUT2D eigenvalue weighted by atomic mass is 9.87. The van der Waals surface area contributed by atoms with E-state index in [2.05, 4.69) is 25.0 Å². The van der Waals surface area contributed by atoms with Crippen LogP contribution in [-0.4, -0.2) is 50.1 Å². The normalized spacial score (nSPS) is 18.2. The first kappa shape index (κ1) is 23.0. The number of nitriles is 1. The highest BCUT2D eigenvalue weighted by molar-refractivity contribution is 7.90. The Kier molecular flexibility index (Phi) is 5.59. The second kappa shape index (κ2) is 8.49. The smallest absolute Gasteiger partial charge is 0.240 e. The molecule has 0 radical (unpaired) electrons. The largest absolute Gasteiger partial charge is 0.443 e.